The molecule has 1 amide bonds. The number of nitrogens with zero attached hydrogens (tertiary/aromatic N) is 4. The summed E-state index contributed by atoms with van der Waals surface area (Å²) in [5.41, 5.74) is 2.27. The Hall–Kier alpha value is -1.76. The van der Waals surface area contributed by atoms with Crippen molar-refractivity contribution in [2.45, 2.75) is 51.1 Å². The highest BCUT2D eigenvalue weighted by Gasteiger charge is 2.26. The molecule has 2 aromatic rings. The average molecular weight is 441 g/mol. The van der Waals surface area contributed by atoms with Crippen LogP contribution < -0.4 is 0 Å². The Morgan fingerprint density at radius 3 is 2.71 bits per heavy atom. The van der Waals surface area contributed by atoms with E-state index in [1.54, 1.807) is 11.3 Å². The summed E-state index contributed by atoms with van der Waals surface area (Å²) in [5, 5.41) is 3.36. The highest BCUT2D eigenvalue weighted by Crippen LogP contribution is 2.26. The summed E-state index contributed by atoms with van der Waals surface area (Å²) in [6, 6.07) is 10.8. The van der Waals surface area contributed by atoms with Crippen LogP contribution in [0.5, 0.6) is 0 Å². The van der Waals surface area contributed by atoms with Crippen molar-refractivity contribution in [3.8, 4) is 11.3 Å². The van der Waals surface area contributed by atoms with Gasteiger partial charge in [0.2, 0.25) is 5.91 Å². The summed E-state index contributed by atoms with van der Waals surface area (Å²) in [4.78, 5) is 24.6. The fraction of sp³-hybridized carbons (Fsp3) is 0.600. The summed E-state index contributed by atoms with van der Waals surface area (Å²) in [6.07, 6.45) is 6.38. The second kappa shape index (κ2) is 10.7. The first-order valence-corrected chi connectivity index (χ1v) is 12.6. The molecule has 168 valence electrons. The Kier molecular flexibility index (Phi) is 7.75. The van der Waals surface area contributed by atoms with Gasteiger partial charge in [-0.15, -0.1) is 11.3 Å². The SMILES string of the molecule is CN1CCC(N(C)C(=O)CC[C@@H]2CCCN(Cc3nc(-c4ccccc4)cs3)C2)CC1. The van der Waals surface area contributed by atoms with Crippen LogP contribution in [0.4, 0.5) is 0 Å². The molecule has 2 aliphatic heterocycles. The van der Waals surface area contributed by atoms with Crippen molar-refractivity contribution < 1.29 is 4.79 Å². The van der Waals surface area contributed by atoms with Crippen LogP contribution in [-0.2, 0) is 11.3 Å². The molecule has 0 bridgehead atoms. The molecule has 0 radical (unpaired) electrons. The number of likely N-dealkylation sites (tertiary alicyclic amines) is 2. The minimum atomic E-state index is 0.333. The highest BCUT2D eigenvalue weighted by molar-refractivity contribution is 7.09. The van der Waals surface area contributed by atoms with Crippen LogP contribution >= 0.6 is 11.3 Å². The van der Waals surface area contributed by atoms with E-state index in [0.717, 1.165) is 57.7 Å². The number of thiazole rings is 1. The van der Waals surface area contributed by atoms with Gasteiger partial charge in [0.15, 0.2) is 0 Å². The molecule has 6 heteroatoms. The smallest absolute Gasteiger partial charge is 0.222 e. The predicted octanol–water partition coefficient (Wildman–Crippen LogP) is 4.35. The van der Waals surface area contributed by atoms with Crippen molar-refractivity contribution in [2.24, 2.45) is 5.92 Å². The molecule has 0 spiro atoms. The second-order valence-electron chi connectivity index (χ2n) is 9.31. The number of benzene rings is 1. The molecule has 5 nitrogen and oxygen atoms in total. The lowest BCUT2D eigenvalue weighted by Crippen LogP contribution is -2.44. The number of rotatable bonds is 7. The maximum Gasteiger partial charge on any atom is 0.222 e. The lowest BCUT2D eigenvalue weighted by atomic mass is 9.93. The van der Waals surface area contributed by atoms with Crippen LogP contribution in [-0.4, -0.2) is 71.9 Å². The van der Waals surface area contributed by atoms with E-state index in [0.29, 0.717) is 24.3 Å². The predicted molar refractivity (Wildman–Crippen MR) is 128 cm³/mol. The summed E-state index contributed by atoms with van der Waals surface area (Å²) < 4.78 is 0. The number of hydrogen-bond donors (Lipinski definition) is 0. The molecule has 31 heavy (non-hydrogen) atoms. The Morgan fingerprint density at radius 1 is 1.16 bits per heavy atom. The van der Waals surface area contributed by atoms with Crippen LogP contribution in [0.15, 0.2) is 35.7 Å². The zero-order valence-corrected chi connectivity index (χ0v) is 19.8. The first-order chi connectivity index (χ1) is 15.1. The van der Waals surface area contributed by atoms with Gasteiger partial charge in [0, 0.05) is 37.0 Å². The molecule has 3 heterocycles. The molecule has 0 unspecified atom stereocenters. The van der Waals surface area contributed by atoms with Crippen molar-refractivity contribution in [1.82, 2.24) is 19.7 Å². The molecule has 0 aliphatic carbocycles. The van der Waals surface area contributed by atoms with Gasteiger partial charge in [0.05, 0.1) is 12.2 Å². The van der Waals surface area contributed by atoms with E-state index in [-0.39, 0.29) is 0 Å². The minimum Gasteiger partial charge on any atom is -0.343 e. The molecule has 0 N–H and O–H groups in total. The fourth-order valence-corrected chi connectivity index (χ4v) is 5.78. The molecular formula is C25H36N4OS. The topological polar surface area (TPSA) is 39.7 Å². The van der Waals surface area contributed by atoms with Crippen molar-refractivity contribution in [3.05, 3.63) is 40.7 Å². The van der Waals surface area contributed by atoms with Crippen molar-refractivity contribution in [1.29, 1.82) is 0 Å². The quantitative estimate of drug-likeness (QED) is 0.642. The Balaban J connectivity index is 1.23. The fourth-order valence-electron chi connectivity index (χ4n) is 4.94. The lowest BCUT2D eigenvalue weighted by molar-refractivity contribution is -0.133. The zero-order chi connectivity index (χ0) is 21.6. The Bertz CT molecular complexity index is 831. The van der Waals surface area contributed by atoms with Gasteiger partial charge >= 0.3 is 0 Å². The molecule has 2 aliphatic rings. The van der Waals surface area contributed by atoms with E-state index in [2.05, 4.69) is 46.5 Å². The van der Waals surface area contributed by atoms with Crippen LogP contribution in [0, 0.1) is 5.92 Å². The van der Waals surface area contributed by atoms with Gasteiger partial charge in [-0.25, -0.2) is 4.98 Å². The molecule has 2 saturated heterocycles. The van der Waals surface area contributed by atoms with Gasteiger partial charge in [-0.05, 0) is 64.7 Å². The van der Waals surface area contributed by atoms with Gasteiger partial charge < -0.3 is 9.80 Å². The summed E-state index contributed by atoms with van der Waals surface area (Å²) in [6.45, 7) is 5.36. The van der Waals surface area contributed by atoms with Crippen molar-refractivity contribution in [2.75, 3.05) is 40.3 Å². The molecule has 1 aromatic heterocycles. The number of amides is 1. The molecular weight excluding hydrogens is 404 g/mol. The van der Waals surface area contributed by atoms with E-state index in [1.165, 1.54) is 23.4 Å². The third-order valence-corrected chi connectivity index (χ3v) is 7.81. The number of hydrogen-bond acceptors (Lipinski definition) is 5. The Labute approximate surface area is 191 Å². The third kappa shape index (κ3) is 6.15. The van der Waals surface area contributed by atoms with E-state index in [1.807, 2.05) is 18.0 Å². The zero-order valence-electron chi connectivity index (χ0n) is 19.0. The van der Waals surface area contributed by atoms with Gasteiger partial charge in [0.25, 0.3) is 0 Å². The molecule has 1 aromatic carbocycles. The van der Waals surface area contributed by atoms with Gasteiger partial charge in [-0.1, -0.05) is 30.3 Å². The summed E-state index contributed by atoms with van der Waals surface area (Å²) in [5.74, 6) is 0.955. The first-order valence-electron chi connectivity index (χ1n) is 11.7. The first kappa shape index (κ1) is 22.4. The number of aromatic nitrogens is 1. The third-order valence-electron chi connectivity index (χ3n) is 6.98. The molecule has 2 fully saturated rings. The number of piperidine rings is 2. The maximum absolute atomic E-state index is 12.8. The van der Waals surface area contributed by atoms with Crippen LogP contribution in [0.3, 0.4) is 0 Å². The molecule has 0 saturated carbocycles. The average Bonchev–Trinajstić information content (AvgIpc) is 3.27. The van der Waals surface area contributed by atoms with Crippen LogP contribution in [0.2, 0.25) is 0 Å². The van der Waals surface area contributed by atoms with E-state index in [4.69, 9.17) is 4.98 Å². The monoisotopic (exact) mass is 440 g/mol. The van der Waals surface area contributed by atoms with Crippen molar-refractivity contribution >= 4 is 17.2 Å². The van der Waals surface area contributed by atoms with Crippen LogP contribution in [0.1, 0.15) is 43.5 Å². The maximum atomic E-state index is 12.8. The molecule has 4 rings (SSSR count). The van der Waals surface area contributed by atoms with E-state index < -0.39 is 0 Å². The number of carbonyl (C=O) groups is 1. The van der Waals surface area contributed by atoms with Gasteiger partial charge in [-0.2, -0.15) is 0 Å². The normalized spacial score (nSPS) is 21.3. The Morgan fingerprint density at radius 2 is 1.94 bits per heavy atom. The largest absolute Gasteiger partial charge is 0.343 e. The van der Waals surface area contributed by atoms with Gasteiger partial charge in [-0.3, -0.25) is 9.69 Å². The highest BCUT2D eigenvalue weighted by atomic mass is 32.1. The minimum absolute atomic E-state index is 0.333. The van der Waals surface area contributed by atoms with Crippen LogP contribution in [0.25, 0.3) is 11.3 Å². The van der Waals surface area contributed by atoms with Gasteiger partial charge in [0.1, 0.15) is 5.01 Å². The van der Waals surface area contributed by atoms with Crippen molar-refractivity contribution in [3.63, 3.8) is 0 Å². The standard InChI is InChI=1S/C25H36N4OS/c1-27-15-12-22(13-16-27)28(2)25(30)11-10-20-7-6-14-29(17-20)18-24-26-23(19-31-24)21-8-4-3-5-9-21/h3-5,8-9,19-20,22H,6-7,10-18H2,1-2H3/t20-/m0/s1. The lowest BCUT2D eigenvalue weighted by Gasteiger charge is -2.36. The van der Waals surface area contributed by atoms with E-state index in [9.17, 15) is 4.79 Å². The van der Waals surface area contributed by atoms with E-state index >= 15 is 0 Å². The molecule has 1 atom stereocenters. The number of carbonyl (C=O) groups excluding carboxylic acids is 1. The second-order valence-corrected chi connectivity index (χ2v) is 10.3. The summed E-state index contributed by atoms with van der Waals surface area (Å²) in [7, 11) is 4.18. The summed E-state index contributed by atoms with van der Waals surface area (Å²) >= 11 is 1.76.